The SMILES string of the molecule is CN(C)C(=O)c1cnc(NC(CCC(=O)O)Cc2ccccc2)c(Cl)c1. The molecule has 138 valence electrons. The Balaban J connectivity index is 2.16. The number of aromatic nitrogens is 1. The minimum absolute atomic E-state index is 0.0410. The fourth-order valence-electron chi connectivity index (χ4n) is 2.53. The molecule has 0 aliphatic carbocycles. The molecule has 7 heteroatoms. The van der Waals surface area contributed by atoms with Crippen molar-refractivity contribution in [1.82, 2.24) is 9.88 Å². The molecule has 0 bridgehead atoms. The van der Waals surface area contributed by atoms with Crippen molar-refractivity contribution in [3.8, 4) is 0 Å². The highest BCUT2D eigenvalue weighted by Gasteiger charge is 2.16. The Morgan fingerprint density at radius 2 is 1.96 bits per heavy atom. The summed E-state index contributed by atoms with van der Waals surface area (Å²) >= 11 is 6.28. The zero-order valence-electron chi connectivity index (χ0n) is 14.8. The highest BCUT2D eigenvalue weighted by molar-refractivity contribution is 6.33. The maximum atomic E-state index is 12.0. The van der Waals surface area contributed by atoms with Crippen LogP contribution in [0.1, 0.15) is 28.8 Å². The fraction of sp³-hybridized carbons (Fsp3) is 0.316. The number of nitrogens with one attached hydrogen (secondary N) is 1. The van der Waals surface area contributed by atoms with Gasteiger partial charge in [-0.2, -0.15) is 0 Å². The van der Waals surface area contributed by atoms with Crippen LogP contribution in [0.5, 0.6) is 0 Å². The van der Waals surface area contributed by atoms with Crippen molar-refractivity contribution in [2.75, 3.05) is 19.4 Å². The van der Waals surface area contributed by atoms with Crippen LogP contribution >= 0.6 is 11.6 Å². The van der Waals surface area contributed by atoms with Gasteiger partial charge in [-0.15, -0.1) is 0 Å². The first-order chi connectivity index (χ1) is 12.4. The van der Waals surface area contributed by atoms with Gasteiger partial charge in [-0.3, -0.25) is 9.59 Å². The van der Waals surface area contributed by atoms with Crippen LogP contribution in [0.2, 0.25) is 5.02 Å². The van der Waals surface area contributed by atoms with Gasteiger partial charge >= 0.3 is 5.97 Å². The van der Waals surface area contributed by atoms with Gasteiger partial charge in [0, 0.05) is 32.8 Å². The molecule has 2 rings (SSSR count). The predicted octanol–water partition coefficient (Wildman–Crippen LogP) is 3.32. The molecular weight excluding hydrogens is 354 g/mol. The summed E-state index contributed by atoms with van der Waals surface area (Å²) in [5.41, 5.74) is 1.49. The highest BCUT2D eigenvalue weighted by atomic mass is 35.5. The Labute approximate surface area is 157 Å². The zero-order valence-corrected chi connectivity index (χ0v) is 15.5. The van der Waals surface area contributed by atoms with Gasteiger partial charge in [-0.1, -0.05) is 41.9 Å². The third-order valence-electron chi connectivity index (χ3n) is 3.87. The molecule has 6 nitrogen and oxygen atoms in total. The van der Waals surface area contributed by atoms with Crippen LogP contribution in [0.15, 0.2) is 42.6 Å². The highest BCUT2D eigenvalue weighted by Crippen LogP contribution is 2.23. The van der Waals surface area contributed by atoms with Crippen LogP contribution in [-0.4, -0.2) is 47.0 Å². The topological polar surface area (TPSA) is 82.5 Å². The monoisotopic (exact) mass is 375 g/mol. The molecular formula is C19H22ClN3O3. The molecule has 0 spiro atoms. The van der Waals surface area contributed by atoms with E-state index >= 15 is 0 Å². The molecule has 0 radical (unpaired) electrons. The van der Waals surface area contributed by atoms with Crippen LogP contribution in [0.3, 0.4) is 0 Å². The summed E-state index contributed by atoms with van der Waals surface area (Å²) in [7, 11) is 3.31. The molecule has 26 heavy (non-hydrogen) atoms. The van der Waals surface area contributed by atoms with Crippen LogP contribution in [-0.2, 0) is 11.2 Å². The van der Waals surface area contributed by atoms with E-state index in [1.165, 1.54) is 11.1 Å². The largest absolute Gasteiger partial charge is 0.481 e. The van der Waals surface area contributed by atoms with E-state index in [4.69, 9.17) is 16.7 Å². The van der Waals surface area contributed by atoms with Crippen molar-refractivity contribution in [3.05, 3.63) is 58.7 Å². The lowest BCUT2D eigenvalue weighted by Crippen LogP contribution is -2.25. The minimum Gasteiger partial charge on any atom is -0.481 e. The normalized spacial score (nSPS) is 11.7. The Kier molecular flexibility index (Phi) is 6.97. The number of benzene rings is 1. The van der Waals surface area contributed by atoms with Gasteiger partial charge in [0.15, 0.2) is 0 Å². The number of hydrogen-bond donors (Lipinski definition) is 2. The third-order valence-corrected chi connectivity index (χ3v) is 4.15. The third kappa shape index (κ3) is 5.74. The lowest BCUT2D eigenvalue weighted by atomic mass is 10.0. The summed E-state index contributed by atoms with van der Waals surface area (Å²) in [5.74, 6) is -0.596. The molecule has 2 aromatic rings. The standard InChI is InChI=1S/C19H22ClN3O3/c1-23(2)19(26)14-11-16(20)18(21-12-14)22-15(8-9-17(24)25)10-13-6-4-3-5-7-13/h3-7,11-12,15H,8-10H2,1-2H3,(H,21,22)(H,24,25). The second kappa shape index (κ2) is 9.20. The number of carboxylic acids is 1. The number of carbonyl (C=O) groups is 2. The Hall–Kier alpha value is -2.60. The number of pyridine rings is 1. The molecule has 0 aliphatic heterocycles. The summed E-state index contributed by atoms with van der Waals surface area (Å²) in [4.78, 5) is 28.6. The Morgan fingerprint density at radius 3 is 2.54 bits per heavy atom. The Bertz CT molecular complexity index is 766. The molecule has 1 atom stereocenters. The number of amides is 1. The first-order valence-corrected chi connectivity index (χ1v) is 8.64. The summed E-state index contributed by atoms with van der Waals surface area (Å²) < 4.78 is 0. The van der Waals surface area contributed by atoms with Crippen molar-refractivity contribution in [1.29, 1.82) is 0 Å². The second-order valence-corrected chi connectivity index (χ2v) is 6.62. The lowest BCUT2D eigenvalue weighted by Gasteiger charge is -2.20. The van der Waals surface area contributed by atoms with Crippen LogP contribution in [0.4, 0.5) is 5.82 Å². The number of halogens is 1. The molecule has 1 amide bonds. The predicted molar refractivity (Wildman–Crippen MR) is 102 cm³/mol. The van der Waals surface area contributed by atoms with Crippen molar-refractivity contribution in [2.24, 2.45) is 0 Å². The van der Waals surface area contributed by atoms with Gasteiger partial charge in [0.05, 0.1) is 10.6 Å². The molecule has 0 saturated carbocycles. The van der Waals surface area contributed by atoms with Crippen LogP contribution < -0.4 is 5.32 Å². The van der Waals surface area contributed by atoms with Gasteiger partial charge in [-0.05, 0) is 24.5 Å². The quantitative estimate of drug-likeness (QED) is 0.739. The summed E-state index contributed by atoms with van der Waals surface area (Å²) in [6, 6.07) is 11.2. The number of hydrogen-bond acceptors (Lipinski definition) is 4. The maximum Gasteiger partial charge on any atom is 0.303 e. The number of carboxylic acid groups (broad SMARTS) is 1. The summed E-state index contributed by atoms with van der Waals surface area (Å²) in [6.07, 6.45) is 2.58. The molecule has 1 aromatic heterocycles. The van der Waals surface area contributed by atoms with E-state index in [0.717, 1.165) is 5.56 Å². The minimum atomic E-state index is -0.851. The van der Waals surface area contributed by atoms with Crippen molar-refractivity contribution in [2.45, 2.75) is 25.3 Å². The molecule has 0 aliphatic rings. The van der Waals surface area contributed by atoms with Gasteiger partial charge in [0.1, 0.15) is 5.82 Å². The van der Waals surface area contributed by atoms with Crippen molar-refractivity contribution in [3.63, 3.8) is 0 Å². The van der Waals surface area contributed by atoms with E-state index in [-0.39, 0.29) is 18.4 Å². The zero-order chi connectivity index (χ0) is 19.1. The molecule has 1 aromatic carbocycles. The number of carbonyl (C=O) groups excluding carboxylic acids is 1. The van der Waals surface area contributed by atoms with Gasteiger partial charge in [0.2, 0.25) is 0 Å². The van der Waals surface area contributed by atoms with E-state index in [0.29, 0.717) is 29.2 Å². The number of rotatable bonds is 8. The van der Waals surface area contributed by atoms with Crippen molar-refractivity contribution < 1.29 is 14.7 Å². The first kappa shape index (κ1) is 19.7. The summed E-state index contributed by atoms with van der Waals surface area (Å²) in [6.45, 7) is 0. The number of nitrogens with zero attached hydrogens (tertiary/aromatic N) is 2. The van der Waals surface area contributed by atoms with Crippen LogP contribution in [0.25, 0.3) is 0 Å². The molecule has 0 fully saturated rings. The first-order valence-electron chi connectivity index (χ1n) is 8.26. The van der Waals surface area contributed by atoms with E-state index in [2.05, 4.69) is 10.3 Å². The average molecular weight is 376 g/mol. The van der Waals surface area contributed by atoms with E-state index in [9.17, 15) is 9.59 Å². The van der Waals surface area contributed by atoms with E-state index in [1.807, 2.05) is 30.3 Å². The number of anilines is 1. The lowest BCUT2D eigenvalue weighted by molar-refractivity contribution is -0.137. The molecule has 1 unspecified atom stereocenters. The summed E-state index contributed by atoms with van der Waals surface area (Å²) in [5, 5.41) is 12.5. The fourth-order valence-corrected chi connectivity index (χ4v) is 2.76. The van der Waals surface area contributed by atoms with Crippen molar-refractivity contribution >= 4 is 29.3 Å². The smallest absolute Gasteiger partial charge is 0.303 e. The molecule has 2 N–H and O–H groups in total. The Morgan fingerprint density at radius 1 is 1.27 bits per heavy atom. The van der Waals surface area contributed by atoms with Crippen LogP contribution in [0, 0.1) is 0 Å². The number of aliphatic carboxylic acids is 1. The van der Waals surface area contributed by atoms with Gasteiger partial charge < -0.3 is 15.3 Å². The average Bonchev–Trinajstić information content (AvgIpc) is 2.61. The van der Waals surface area contributed by atoms with E-state index < -0.39 is 5.97 Å². The molecule has 1 heterocycles. The van der Waals surface area contributed by atoms with Gasteiger partial charge in [0.25, 0.3) is 5.91 Å². The maximum absolute atomic E-state index is 12.0. The second-order valence-electron chi connectivity index (χ2n) is 6.22. The molecule has 0 saturated heterocycles. The van der Waals surface area contributed by atoms with Gasteiger partial charge in [-0.25, -0.2) is 4.98 Å². The van der Waals surface area contributed by atoms with E-state index in [1.54, 1.807) is 20.2 Å².